The maximum atomic E-state index is 12.9. The van der Waals surface area contributed by atoms with E-state index in [2.05, 4.69) is 0 Å². The molecular weight excluding hydrogens is 252 g/mol. The molecule has 7 heteroatoms. The van der Waals surface area contributed by atoms with Gasteiger partial charge in [-0.15, -0.1) is 0 Å². The van der Waals surface area contributed by atoms with Gasteiger partial charge in [0.15, 0.2) is 0 Å². The zero-order valence-corrected chi connectivity index (χ0v) is 9.54. The summed E-state index contributed by atoms with van der Waals surface area (Å²) in [7, 11) is 1.01. The number of rotatable bonds is 4. The molecule has 3 nitrogen and oxygen atoms in total. The molecule has 1 aromatic carbocycles. The fourth-order valence-electron chi connectivity index (χ4n) is 1.33. The van der Waals surface area contributed by atoms with Gasteiger partial charge in [0.1, 0.15) is 0 Å². The van der Waals surface area contributed by atoms with Crippen molar-refractivity contribution in [3.05, 3.63) is 29.8 Å². The molecule has 0 spiro atoms. The Morgan fingerprint density at radius 3 is 2.56 bits per heavy atom. The van der Waals surface area contributed by atoms with Gasteiger partial charge in [-0.2, -0.15) is 8.78 Å². The summed E-state index contributed by atoms with van der Waals surface area (Å²) in [6.07, 6.45) is -4.04. The summed E-state index contributed by atoms with van der Waals surface area (Å²) < 4.78 is 49.9. The van der Waals surface area contributed by atoms with Crippen LogP contribution in [0.1, 0.15) is 5.56 Å². The van der Waals surface area contributed by atoms with Crippen LogP contribution in [0.3, 0.4) is 0 Å². The van der Waals surface area contributed by atoms with Gasteiger partial charge in [-0.3, -0.25) is 4.79 Å². The van der Waals surface area contributed by atoms with Crippen molar-refractivity contribution in [2.75, 3.05) is 11.9 Å². The average molecular weight is 264 g/mol. The Bertz CT molecular complexity index is 437. The highest BCUT2D eigenvalue weighted by atomic mass is 19.3. The van der Waals surface area contributed by atoms with Crippen molar-refractivity contribution >= 4 is 11.6 Å². The van der Waals surface area contributed by atoms with Crippen LogP contribution in [0.15, 0.2) is 24.3 Å². The highest BCUT2D eigenvalue weighted by Gasteiger charge is 2.50. The van der Waals surface area contributed by atoms with E-state index in [1.807, 2.05) is 0 Å². The normalized spacial score (nSPS) is 11.7. The minimum Gasteiger partial charge on any atom is -0.326 e. The molecule has 0 saturated carbocycles. The first kappa shape index (κ1) is 14.4. The van der Waals surface area contributed by atoms with E-state index in [0.717, 1.165) is 7.05 Å². The van der Waals surface area contributed by atoms with Gasteiger partial charge in [0, 0.05) is 19.3 Å². The molecular formula is C11H12F4N2O. The van der Waals surface area contributed by atoms with Gasteiger partial charge in [-0.25, -0.2) is 8.78 Å². The van der Waals surface area contributed by atoms with Gasteiger partial charge in [0.25, 0.3) is 0 Å². The Morgan fingerprint density at radius 1 is 1.44 bits per heavy atom. The average Bonchev–Trinajstić information content (AvgIpc) is 2.36. The molecule has 18 heavy (non-hydrogen) atoms. The number of nitrogens with two attached hydrogens (primary N) is 1. The highest BCUT2D eigenvalue weighted by molar-refractivity contribution is 5.98. The molecule has 0 saturated heterocycles. The van der Waals surface area contributed by atoms with E-state index in [9.17, 15) is 22.4 Å². The quantitative estimate of drug-likeness (QED) is 0.845. The van der Waals surface area contributed by atoms with Gasteiger partial charge >= 0.3 is 18.3 Å². The molecule has 0 aliphatic carbocycles. The third-order valence-corrected chi connectivity index (χ3v) is 2.40. The van der Waals surface area contributed by atoms with Crippen LogP contribution in [-0.4, -0.2) is 25.3 Å². The largest absolute Gasteiger partial charge is 0.384 e. The Morgan fingerprint density at radius 2 is 2.06 bits per heavy atom. The molecule has 2 N–H and O–H groups in total. The van der Waals surface area contributed by atoms with Gasteiger partial charge in [0.05, 0.1) is 0 Å². The van der Waals surface area contributed by atoms with Crippen LogP contribution in [0.25, 0.3) is 0 Å². The summed E-state index contributed by atoms with van der Waals surface area (Å²) in [6, 6.07) is 5.88. The van der Waals surface area contributed by atoms with Crippen LogP contribution < -0.4 is 10.6 Å². The lowest BCUT2D eigenvalue weighted by molar-refractivity contribution is -0.166. The maximum Gasteiger partial charge on any atom is 0.384 e. The van der Waals surface area contributed by atoms with Crippen molar-refractivity contribution in [1.82, 2.24) is 0 Å². The summed E-state index contributed by atoms with van der Waals surface area (Å²) >= 11 is 0. The Hall–Kier alpha value is -1.63. The summed E-state index contributed by atoms with van der Waals surface area (Å²) in [5.41, 5.74) is 6.05. The predicted octanol–water partition coefficient (Wildman–Crippen LogP) is 2.01. The van der Waals surface area contributed by atoms with Gasteiger partial charge in [-0.1, -0.05) is 12.1 Å². The van der Waals surface area contributed by atoms with Crippen molar-refractivity contribution in [3.63, 3.8) is 0 Å². The molecule has 0 unspecified atom stereocenters. The van der Waals surface area contributed by atoms with E-state index in [0.29, 0.717) is 10.5 Å². The molecule has 0 atom stereocenters. The second kappa shape index (κ2) is 5.34. The van der Waals surface area contributed by atoms with Crippen LogP contribution in [0, 0.1) is 0 Å². The van der Waals surface area contributed by atoms with Gasteiger partial charge in [0.2, 0.25) is 0 Å². The van der Waals surface area contributed by atoms with Crippen LogP contribution >= 0.6 is 0 Å². The number of amides is 1. The molecule has 0 aliphatic heterocycles. The van der Waals surface area contributed by atoms with E-state index in [1.54, 1.807) is 6.07 Å². The Kier molecular flexibility index (Phi) is 4.28. The first-order valence-electron chi connectivity index (χ1n) is 5.03. The first-order valence-corrected chi connectivity index (χ1v) is 5.03. The molecule has 0 aromatic heterocycles. The number of nitrogens with zero attached hydrogens (tertiary/aromatic N) is 1. The molecule has 1 rings (SSSR count). The summed E-state index contributed by atoms with van der Waals surface area (Å²) in [5.74, 6) is -6.65. The molecule has 1 aromatic rings. The van der Waals surface area contributed by atoms with E-state index < -0.39 is 18.3 Å². The van der Waals surface area contributed by atoms with E-state index in [-0.39, 0.29) is 12.2 Å². The minimum atomic E-state index is -4.70. The zero-order valence-electron chi connectivity index (χ0n) is 9.54. The van der Waals surface area contributed by atoms with Crippen molar-refractivity contribution in [3.8, 4) is 0 Å². The SMILES string of the molecule is CN(C(=O)C(F)(F)C(F)F)c1cccc(CN)c1. The number of hydrogen-bond acceptors (Lipinski definition) is 2. The molecule has 100 valence electrons. The monoisotopic (exact) mass is 264 g/mol. The molecule has 0 aliphatic rings. The fourth-order valence-corrected chi connectivity index (χ4v) is 1.33. The number of hydrogen-bond donors (Lipinski definition) is 1. The molecule has 0 radical (unpaired) electrons. The van der Waals surface area contributed by atoms with Crippen LogP contribution in [0.4, 0.5) is 23.2 Å². The number of carbonyl (C=O) groups excluding carboxylic acids is 1. The van der Waals surface area contributed by atoms with Crippen LogP contribution in [0.5, 0.6) is 0 Å². The number of carbonyl (C=O) groups is 1. The molecule has 0 bridgehead atoms. The Balaban J connectivity index is 2.99. The topological polar surface area (TPSA) is 46.3 Å². The van der Waals surface area contributed by atoms with Gasteiger partial charge in [-0.05, 0) is 17.7 Å². The zero-order chi connectivity index (χ0) is 13.9. The van der Waals surface area contributed by atoms with Crippen molar-refractivity contribution in [2.45, 2.75) is 18.9 Å². The maximum absolute atomic E-state index is 12.9. The fraction of sp³-hybridized carbons (Fsp3) is 0.364. The van der Waals surface area contributed by atoms with Crippen molar-refractivity contribution in [1.29, 1.82) is 0 Å². The molecule has 0 heterocycles. The van der Waals surface area contributed by atoms with Gasteiger partial charge < -0.3 is 10.6 Å². The summed E-state index contributed by atoms with van der Waals surface area (Å²) in [6.45, 7) is 0.154. The first-order chi connectivity index (χ1) is 8.30. The smallest absolute Gasteiger partial charge is 0.326 e. The predicted molar refractivity (Wildman–Crippen MR) is 58.7 cm³/mol. The number of anilines is 1. The third kappa shape index (κ3) is 2.79. The summed E-state index contributed by atoms with van der Waals surface area (Å²) in [4.78, 5) is 11.8. The van der Waals surface area contributed by atoms with Crippen molar-refractivity contribution < 1.29 is 22.4 Å². The van der Waals surface area contributed by atoms with E-state index in [1.165, 1.54) is 18.2 Å². The van der Waals surface area contributed by atoms with Crippen LogP contribution in [-0.2, 0) is 11.3 Å². The minimum absolute atomic E-state index is 0.0864. The second-order valence-corrected chi connectivity index (χ2v) is 3.66. The van der Waals surface area contributed by atoms with E-state index in [4.69, 9.17) is 5.73 Å². The number of alkyl halides is 4. The standard InChI is InChI=1S/C11H12F4N2O/c1-17(10(18)11(14,15)9(12)13)8-4-2-3-7(5-8)6-16/h2-5,9H,6,16H2,1H3. The van der Waals surface area contributed by atoms with Crippen molar-refractivity contribution in [2.24, 2.45) is 5.73 Å². The second-order valence-electron chi connectivity index (χ2n) is 3.66. The lowest BCUT2D eigenvalue weighted by Crippen LogP contribution is -2.46. The highest BCUT2D eigenvalue weighted by Crippen LogP contribution is 2.27. The Labute approximate surface area is 101 Å². The lowest BCUT2D eigenvalue weighted by atomic mass is 10.2. The lowest BCUT2D eigenvalue weighted by Gasteiger charge is -2.23. The third-order valence-electron chi connectivity index (χ3n) is 2.40. The molecule has 1 amide bonds. The molecule has 0 fully saturated rings. The van der Waals surface area contributed by atoms with Crippen LogP contribution in [0.2, 0.25) is 0 Å². The van der Waals surface area contributed by atoms with E-state index >= 15 is 0 Å². The number of benzene rings is 1. The number of halogens is 4. The summed E-state index contributed by atoms with van der Waals surface area (Å²) in [5, 5.41) is 0.